The van der Waals surface area contributed by atoms with Crippen LogP contribution in [0.2, 0.25) is 5.02 Å². The molecule has 1 unspecified atom stereocenters. The zero-order chi connectivity index (χ0) is 17.1. The van der Waals surface area contributed by atoms with Crippen LogP contribution in [0.4, 0.5) is 11.4 Å². The smallest absolute Gasteiger partial charge is 0.244 e. The van der Waals surface area contributed by atoms with Gasteiger partial charge in [-0.2, -0.15) is 0 Å². The van der Waals surface area contributed by atoms with E-state index in [2.05, 4.69) is 5.32 Å². The lowest BCUT2D eigenvalue weighted by molar-refractivity contribution is -0.121. The highest BCUT2D eigenvalue weighted by Gasteiger charge is 2.31. The summed E-state index contributed by atoms with van der Waals surface area (Å²) in [6, 6.07) is 14.8. The SMILES string of the molecule is CCC(Sc1ccc(Cl)cc1)C(=O)N1CC(=O)Nc2ccccc21. The van der Waals surface area contributed by atoms with Gasteiger partial charge < -0.3 is 5.32 Å². The topological polar surface area (TPSA) is 49.4 Å². The summed E-state index contributed by atoms with van der Waals surface area (Å²) >= 11 is 7.40. The third kappa shape index (κ3) is 3.57. The Morgan fingerprint density at radius 2 is 1.96 bits per heavy atom. The van der Waals surface area contributed by atoms with Crippen molar-refractivity contribution >= 4 is 46.6 Å². The monoisotopic (exact) mass is 360 g/mol. The molecule has 1 atom stereocenters. The molecule has 4 nitrogen and oxygen atoms in total. The van der Waals surface area contributed by atoms with Gasteiger partial charge in [0, 0.05) is 9.92 Å². The summed E-state index contributed by atoms with van der Waals surface area (Å²) in [5.41, 5.74) is 1.42. The molecule has 2 amide bonds. The number of halogens is 1. The van der Waals surface area contributed by atoms with Gasteiger partial charge in [0.15, 0.2) is 0 Å². The summed E-state index contributed by atoms with van der Waals surface area (Å²) in [6.07, 6.45) is 0.673. The van der Waals surface area contributed by atoms with E-state index in [1.807, 2.05) is 49.4 Å². The number of rotatable bonds is 4. The van der Waals surface area contributed by atoms with E-state index in [9.17, 15) is 9.59 Å². The maximum Gasteiger partial charge on any atom is 0.244 e. The van der Waals surface area contributed by atoms with Crippen LogP contribution in [0.15, 0.2) is 53.4 Å². The van der Waals surface area contributed by atoms with Gasteiger partial charge in [0.05, 0.1) is 16.6 Å². The highest BCUT2D eigenvalue weighted by molar-refractivity contribution is 8.00. The van der Waals surface area contributed by atoms with Gasteiger partial charge in [-0.15, -0.1) is 11.8 Å². The van der Waals surface area contributed by atoms with Crippen molar-refractivity contribution in [1.82, 2.24) is 0 Å². The molecule has 124 valence electrons. The first-order valence-corrected chi connectivity index (χ1v) is 8.96. The molecule has 6 heteroatoms. The van der Waals surface area contributed by atoms with E-state index in [1.54, 1.807) is 11.0 Å². The number of amides is 2. The molecule has 0 saturated carbocycles. The molecule has 0 bridgehead atoms. The van der Waals surface area contributed by atoms with E-state index in [0.29, 0.717) is 17.1 Å². The normalized spacial score (nSPS) is 14.8. The van der Waals surface area contributed by atoms with E-state index in [-0.39, 0.29) is 23.6 Å². The van der Waals surface area contributed by atoms with Crippen LogP contribution in [0, 0.1) is 0 Å². The maximum absolute atomic E-state index is 13.0. The van der Waals surface area contributed by atoms with Crippen molar-refractivity contribution in [2.45, 2.75) is 23.5 Å². The number of hydrogen-bond acceptors (Lipinski definition) is 3. The highest BCUT2D eigenvalue weighted by atomic mass is 35.5. The van der Waals surface area contributed by atoms with Crippen LogP contribution in [0.25, 0.3) is 0 Å². The van der Waals surface area contributed by atoms with Crippen LogP contribution in [-0.4, -0.2) is 23.6 Å². The number of hydrogen-bond donors (Lipinski definition) is 1. The summed E-state index contributed by atoms with van der Waals surface area (Å²) in [5, 5.41) is 3.21. The van der Waals surface area contributed by atoms with Crippen LogP contribution in [0.1, 0.15) is 13.3 Å². The molecule has 0 spiro atoms. The summed E-state index contributed by atoms with van der Waals surface area (Å²) in [5.74, 6) is -0.229. The van der Waals surface area contributed by atoms with Crippen molar-refractivity contribution < 1.29 is 9.59 Å². The fraction of sp³-hybridized carbons (Fsp3) is 0.222. The Labute approximate surface area is 150 Å². The largest absolute Gasteiger partial charge is 0.323 e. The van der Waals surface area contributed by atoms with E-state index < -0.39 is 0 Å². The van der Waals surface area contributed by atoms with Gasteiger partial charge in [-0.1, -0.05) is 30.7 Å². The number of fused-ring (bicyclic) bond motifs is 1. The molecular formula is C18H17ClN2O2S. The summed E-state index contributed by atoms with van der Waals surface area (Å²) in [6.45, 7) is 2.02. The fourth-order valence-corrected chi connectivity index (χ4v) is 3.73. The molecule has 0 saturated heterocycles. The second kappa shape index (κ2) is 7.28. The predicted molar refractivity (Wildman–Crippen MR) is 98.8 cm³/mol. The summed E-state index contributed by atoms with van der Waals surface area (Å²) in [4.78, 5) is 27.5. The molecular weight excluding hydrogens is 344 g/mol. The van der Waals surface area contributed by atoms with Crippen LogP contribution in [-0.2, 0) is 9.59 Å². The van der Waals surface area contributed by atoms with Crippen LogP contribution < -0.4 is 10.2 Å². The van der Waals surface area contributed by atoms with Crippen molar-refractivity contribution in [3.63, 3.8) is 0 Å². The molecule has 1 aliphatic rings. The second-order valence-corrected chi connectivity index (χ2v) is 7.17. The van der Waals surface area contributed by atoms with Crippen molar-refractivity contribution in [3.05, 3.63) is 53.6 Å². The van der Waals surface area contributed by atoms with E-state index in [1.165, 1.54) is 11.8 Å². The average molecular weight is 361 g/mol. The first kappa shape index (κ1) is 16.9. The average Bonchev–Trinajstić information content (AvgIpc) is 2.60. The number of carbonyl (C=O) groups is 2. The molecule has 0 aliphatic carbocycles. The van der Waals surface area contributed by atoms with Crippen molar-refractivity contribution in [1.29, 1.82) is 0 Å². The molecule has 24 heavy (non-hydrogen) atoms. The van der Waals surface area contributed by atoms with Crippen LogP contribution >= 0.6 is 23.4 Å². The van der Waals surface area contributed by atoms with Gasteiger partial charge in [0.25, 0.3) is 0 Å². The van der Waals surface area contributed by atoms with Crippen molar-refractivity contribution in [3.8, 4) is 0 Å². The molecule has 1 aliphatic heterocycles. The molecule has 2 aromatic carbocycles. The van der Waals surface area contributed by atoms with E-state index in [0.717, 1.165) is 10.6 Å². The first-order valence-electron chi connectivity index (χ1n) is 7.71. The molecule has 0 radical (unpaired) electrons. The Bertz CT molecular complexity index is 764. The summed E-state index contributed by atoms with van der Waals surface area (Å²) in [7, 11) is 0. The second-order valence-electron chi connectivity index (χ2n) is 5.46. The minimum Gasteiger partial charge on any atom is -0.323 e. The van der Waals surface area contributed by atoms with E-state index >= 15 is 0 Å². The third-order valence-electron chi connectivity index (χ3n) is 3.77. The number of nitrogens with zero attached hydrogens (tertiary/aromatic N) is 1. The van der Waals surface area contributed by atoms with Gasteiger partial charge in [0.1, 0.15) is 6.54 Å². The minimum absolute atomic E-state index is 0.0491. The third-order valence-corrected chi connectivity index (χ3v) is 5.39. The molecule has 1 N–H and O–H groups in total. The Hall–Kier alpha value is -1.98. The molecule has 0 aromatic heterocycles. The number of benzene rings is 2. The lowest BCUT2D eigenvalue weighted by Gasteiger charge is -2.31. The molecule has 0 fully saturated rings. The Morgan fingerprint density at radius 3 is 2.67 bits per heavy atom. The quantitative estimate of drug-likeness (QED) is 0.831. The van der Waals surface area contributed by atoms with Gasteiger partial charge in [-0.05, 0) is 42.8 Å². The highest BCUT2D eigenvalue weighted by Crippen LogP contribution is 2.33. The lowest BCUT2D eigenvalue weighted by atomic mass is 10.1. The Balaban J connectivity index is 1.83. The van der Waals surface area contributed by atoms with Gasteiger partial charge in [0.2, 0.25) is 11.8 Å². The number of para-hydroxylation sites is 2. The fourth-order valence-electron chi connectivity index (χ4n) is 2.59. The Kier molecular flexibility index (Phi) is 5.11. The molecule has 2 aromatic rings. The van der Waals surface area contributed by atoms with Gasteiger partial charge in [-0.3, -0.25) is 14.5 Å². The standard InChI is InChI=1S/C18H17ClN2O2S/c1-2-16(24-13-9-7-12(19)8-10-13)18(23)21-11-17(22)20-14-5-3-4-6-15(14)21/h3-10,16H,2,11H2,1H3,(H,20,22). The summed E-state index contributed by atoms with van der Waals surface area (Å²) < 4.78 is 0. The molecule has 1 heterocycles. The number of nitrogens with one attached hydrogen (secondary N) is 1. The maximum atomic E-state index is 13.0. The number of anilines is 2. The zero-order valence-electron chi connectivity index (χ0n) is 13.2. The number of carbonyl (C=O) groups excluding carboxylic acids is 2. The van der Waals surface area contributed by atoms with Gasteiger partial charge >= 0.3 is 0 Å². The predicted octanol–water partition coefficient (Wildman–Crippen LogP) is 4.20. The van der Waals surface area contributed by atoms with Crippen molar-refractivity contribution in [2.75, 3.05) is 16.8 Å². The number of thioether (sulfide) groups is 1. The van der Waals surface area contributed by atoms with Gasteiger partial charge in [-0.25, -0.2) is 0 Å². The lowest BCUT2D eigenvalue weighted by Crippen LogP contribution is -2.45. The van der Waals surface area contributed by atoms with Crippen LogP contribution in [0.5, 0.6) is 0 Å². The Morgan fingerprint density at radius 1 is 1.25 bits per heavy atom. The minimum atomic E-state index is -0.259. The molecule has 3 rings (SSSR count). The first-order chi connectivity index (χ1) is 11.6. The van der Waals surface area contributed by atoms with Crippen molar-refractivity contribution in [2.24, 2.45) is 0 Å². The van der Waals surface area contributed by atoms with Crippen LogP contribution in [0.3, 0.4) is 0 Å². The zero-order valence-corrected chi connectivity index (χ0v) is 14.7. The van der Waals surface area contributed by atoms with E-state index in [4.69, 9.17) is 11.6 Å².